The van der Waals surface area contributed by atoms with E-state index in [1.165, 1.54) is 0 Å². The summed E-state index contributed by atoms with van der Waals surface area (Å²) in [5.41, 5.74) is 1.54. The summed E-state index contributed by atoms with van der Waals surface area (Å²) in [5.74, 6) is 1.73. The van der Waals surface area contributed by atoms with Crippen molar-refractivity contribution in [3.05, 3.63) is 72.2 Å². The van der Waals surface area contributed by atoms with Gasteiger partial charge in [-0.25, -0.2) is 9.97 Å². The van der Waals surface area contributed by atoms with E-state index in [0.717, 1.165) is 36.7 Å². The number of pyridine rings is 2. The van der Waals surface area contributed by atoms with Crippen molar-refractivity contribution in [1.82, 2.24) is 24.4 Å². The van der Waals surface area contributed by atoms with Crippen LogP contribution in [0, 0.1) is 6.92 Å². The summed E-state index contributed by atoms with van der Waals surface area (Å²) >= 11 is 0. The highest BCUT2D eigenvalue weighted by Gasteiger charge is 2.31. The standard InChI is InChI=1S/C19H19N5O/c1-14-21-10-12-23(14)18-8-2-6-16(22-18)17-7-4-11-24(17)19(25)15-5-3-9-20-13-15/h2-3,5-6,8-10,12-13,17H,4,7,11H2,1H3. The average molecular weight is 333 g/mol. The van der Waals surface area contributed by atoms with E-state index in [2.05, 4.69) is 9.97 Å². The number of imidazole rings is 1. The van der Waals surface area contributed by atoms with Crippen molar-refractivity contribution < 1.29 is 4.79 Å². The number of rotatable bonds is 3. The van der Waals surface area contributed by atoms with Crippen molar-refractivity contribution in [1.29, 1.82) is 0 Å². The van der Waals surface area contributed by atoms with E-state index in [1.807, 2.05) is 46.9 Å². The molecule has 0 radical (unpaired) electrons. The molecule has 0 bridgehead atoms. The zero-order chi connectivity index (χ0) is 17.2. The van der Waals surface area contributed by atoms with Gasteiger partial charge in [-0.3, -0.25) is 14.3 Å². The molecule has 0 aliphatic carbocycles. The number of likely N-dealkylation sites (tertiary alicyclic amines) is 1. The first-order chi connectivity index (χ1) is 12.2. The second-order valence-electron chi connectivity index (χ2n) is 6.16. The Labute approximate surface area is 146 Å². The highest BCUT2D eigenvalue weighted by molar-refractivity contribution is 5.94. The molecular weight excluding hydrogens is 314 g/mol. The Bertz CT molecular complexity index is 890. The number of carbonyl (C=O) groups excluding carboxylic acids is 1. The molecule has 126 valence electrons. The number of carbonyl (C=O) groups is 1. The van der Waals surface area contributed by atoms with Crippen LogP contribution in [0.3, 0.4) is 0 Å². The lowest BCUT2D eigenvalue weighted by molar-refractivity contribution is 0.0732. The Morgan fingerprint density at radius 1 is 1.20 bits per heavy atom. The first-order valence-electron chi connectivity index (χ1n) is 8.42. The molecule has 1 fully saturated rings. The third-order valence-electron chi connectivity index (χ3n) is 4.59. The molecule has 4 heterocycles. The van der Waals surface area contributed by atoms with Gasteiger partial charge in [0.15, 0.2) is 0 Å². The van der Waals surface area contributed by atoms with Crippen LogP contribution < -0.4 is 0 Å². The van der Waals surface area contributed by atoms with Crippen molar-refractivity contribution in [2.24, 2.45) is 0 Å². The van der Waals surface area contributed by atoms with Crippen molar-refractivity contribution in [2.75, 3.05) is 6.54 Å². The average Bonchev–Trinajstić information content (AvgIpc) is 3.31. The fraction of sp³-hybridized carbons (Fsp3) is 0.263. The molecule has 1 aliphatic heterocycles. The Morgan fingerprint density at radius 2 is 2.12 bits per heavy atom. The van der Waals surface area contributed by atoms with Gasteiger partial charge in [-0.15, -0.1) is 0 Å². The molecule has 6 heteroatoms. The summed E-state index contributed by atoms with van der Waals surface area (Å²) in [6.07, 6.45) is 8.86. The highest BCUT2D eigenvalue weighted by Crippen LogP contribution is 2.32. The van der Waals surface area contributed by atoms with Gasteiger partial charge in [-0.05, 0) is 44.0 Å². The molecule has 0 N–H and O–H groups in total. The number of aryl methyl sites for hydroxylation is 1. The summed E-state index contributed by atoms with van der Waals surface area (Å²) in [7, 11) is 0. The lowest BCUT2D eigenvalue weighted by atomic mass is 10.1. The SMILES string of the molecule is Cc1nccn1-c1cccc(C2CCCN2C(=O)c2cccnc2)n1. The molecule has 4 rings (SSSR count). The smallest absolute Gasteiger partial charge is 0.255 e. The highest BCUT2D eigenvalue weighted by atomic mass is 16.2. The molecular formula is C19H19N5O. The van der Waals surface area contributed by atoms with Crippen LogP contribution in [-0.4, -0.2) is 36.9 Å². The van der Waals surface area contributed by atoms with E-state index >= 15 is 0 Å². The van der Waals surface area contributed by atoms with E-state index in [-0.39, 0.29) is 11.9 Å². The van der Waals surface area contributed by atoms with Crippen LogP contribution in [0.25, 0.3) is 5.82 Å². The van der Waals surface area contributed by atoms with Crippen LogP contribution in [0.15, 0.2) is 55.1 Å². The van der Waals surface area contributed by atoms with Crippen molar-refractivity contribution >= 4 is 5.91 Å². The van der Waals surface area contributed by atoms with Gasteiger partial charge in [0.2, 0.25) is 0 Å². The third kappa shape index (κ3) is 2.91. The quantitative estimate of drug-likeness (QED) is 0.739. The minimum atomic E-state index is -0.00326. The molecule has 0 spiro atoms. The largest absolute Gasteiger partial charge is 0.330 e. The van der Waals surface area contributed by atoms with Gasteiger partial charge >= 0.3 is 0 Å². The minimum Gasteiger partial charge on any atom is -0.330 e. The summed E-state index contributed by atoms with van der Waals surface area (Å²) < 4.78 is 1.95. The predicted octanol–water partition coefficient (Wildman–Crippen LogP) is 2.95. The van der Waals surface area contributed by atoms with E-state index in [0.29, 0.717) is 5.56 Å². The molecule has 1 atom stereocenters. The monoisotopic (exact) mass is 333 g/mol. The molecule has 0 saturated carbocycles. The molecule has 6 nitrogen and oxygen atoms in total. The number of amides is 1. The van der Waals surface area contributed by atoms with Gasteiger partial charge in [-0.1, -0.05) is 6.07 Å². The second kappa shape index (κ2) is 6.47. The van der Waals surface area contributed by atoms with Crippen LogP contribution in [0.5, 0.6) is 0 Å². The van der Waals surface area contributed by atoms with Crippen LogP contribution in [0.1, 0.15) is 40.8 Å². The van der Waals surface area contributed by atoms with Gasteiger partial charge < -0.3 is 4.90 Å². The fourth-order valence-corrected chi connectivity index (χ4v) is 3.35. The summed E-state index contributed by atoms with van der Waals surface area (Å²) in [6, 6.07) is 9.54. The molecule has 3 aromatic rings. The van der Waals surface area contributed by atoms with Gasteiger partial charge in [0.05, 0.1) is 17.3 Å². The molecule has 1 aliphatic rings. The number of hydrogen-bond donors (Lipinski definition) is 0. The zero-order valence-corrected chi connectivity index (χ0v) is 14.0. The normalized spacial score (nSPS) is 17.0. The molecule has 3 aromatic heterocycles. The van der Waals surface area contributed by atoms with Crippen LogP contribution >= 0.6 is 0 Å². The van der Waals surface area contributed by atoms with Crippen LogP contribution in [0.4, 0.5) is 0 Å². The van der Waals surface area contributed by atoms with Crippen molar-refractivity contribution in [3.8, 4) is 5.82 Å². The molecule has 1 unspecified atom stereocenters. The van der Waals surface area contributed by atoms with Crippen molar-refractivity contribution in [2.45, 2.75) is 25.8 Å². The molecule has 0 aromatic carbocycles. The first kappa shape index (κ1) is 15.5. The van der Waals surface area contributed by atoms with E-state index in [9.17, 15) is 4.79 Å². The van der Waals surface area contributed by atoms with Crippen molar-refractivity contribution in [3.63, 3.8) is 0 Å². The van der Waals surface area contributed by atoms with Gasteiger partial charge in [0, 0.05) is 31.3 Å². The Kier molecular flexibility index (Phi) is 4.01. The fourth-order valence-electron chi connectivity index (χ4n) is 3.35. The predicted molar refractivity (Wildman–Crippen MR) is 93.3 cm³/mol. The Balaban J connectivity index is 1.65. The summed E-state index contributed by atoms with van der Waals surface area (Å²) in [5, 5.41) is 0. The Hall–Kier alpha value is -3.02. The minimum absolute atomic E-state index is 0.00326. The van der Waals surface area contributed by atoms with Gasteiger partial charge in [0.1, 0.15) is 11.6 Å². The summed E-state index contributed by atoms with van der Waals surface area (Å²) in [6.45, 7) is 2.69. The van der Waals surface area contributed by atoms with E-state index in [1.54, 1.807) is 24.7 Å². The topological polar surface area (TPSA) is 63.9 Å². The maximum Gasteiger partial charge on any atom is 0.255 e. The van der Waals surface area contributed by atoms with Crippen LogP contribution in [0.2, 0.25) is 0 Å². The Morgan fingerprint density at radius 3 is 2.88 bits per heavy atom. The molecule has 1 amide bonds. The van der Waals surface area contributed by atoms with Crippen LogP contribution in [-0.2, 0) is 0 Å². The maximum absolute atomic E-state index is 12.8. The number of nitrogens with zero attached hydrogens (tertiary/aromatic N) is 5. The molecule has 1 saturated heterocycles. The van der Waals surface area contributed by atoms with Gasteiger partial charge in [-0.2, -0.15) is 0 Å². The number of aromatic nitrogens is 4. The first-order valence-corrected chi connectivity index (χ1v) is 8.42. The van der Waals surface area contributed by atoms with E-state index in [4.69, 9.17) is 4.98 Å². The maximum atomic E-state index is 12.8. The van der Waals surface area contributed by atoms with Gasteiger partial charge in [0.25, 0.3) is 5.91 Å². The van der Waals surface area contributed by atoms with E-state index < -0.39 is 0 Å². The second-order valence-corrected chi connectivity index (χ2v) is 6.16. The zero-order valence-electron chi connectivity index (χ0n) is 14.0. The lowest BCUT2D eigenvalue weighted by Crippen LogP contribution is -2.31. The third-order valence-corrected chi connectivity index (χ3v) is 4.59. The molecule has 25 heavy (non-hydrogen) atoms. The number of hydrogen-bond acceptors (Lipinski definition) is 4. The summed E-state index contributed by atoms with van der Waals surface area (Å²) in [4.78, 5) is 27.9. The lowest BCUT2D eigenvalue weighted by Gasteiger charge is -2.24.